The molecule has 0 spiro atoms. The zero-order valence-corrected chi connectivity index (χ0v) is 12.0. The number of pyridine rings is 1. The summed E-state index contributed by atoms with van der Waals surface area (Å²) >= 11 is 5.15. The van der Waals surface area contributed by atoms with Crippen LogP contribution in [0.4, 0.5) is 5.69 Å². The van der Waals surface area contributed by atoms with Crippen molar-refractivity contribution < 1.29 is 0 Å². The highest BCUT2D eigenvalue weighted by Crippen LogP contribution is 2.03. The molecule has 0 fully saturated rings. The number of anilines is 1. The second-order valence-corrected chi connectivity index (χ2v) is 4.12. The number of hydrogen-bond donors (Lipinski definition) is 2. The molecule has 0 unspecified atom stereocenters. The quantitative estimate of drug-likeness (QED) is 0.659. The fourth-order valence-electron chi connectivity index (χ4n) is 1.42. The normalized spacial score (nSPS) is 10.5. The maximum absolute atomic E-state index is 5.15. The average molecular weight is 295 g/mol. The molecule has 0 saturated heterocycles. The van der Waals surface area contributed by atoms with E-state index in [2.05, 4.69) is 15.8 Å². The first-order valence-corrected chi connectivity index (χ1v) is 5.94. The number of thiocarbonyl (C=S) groups is 1. The topological polar surface area (TPSA) is 41.4 Å². The molecule has 0 aliphatic carbocycles. The summed E-state index contributed by atoms with van der Waals surface area (Å²) in [6, 6.07) is 15.5. The van der Waals surface area contributed by atoms with Crippen LogP contribution in [0.2, 0.25) is 0 Å². The van der Waals surface area contributed by atoms with Crippen LogP contribution in [-0.2, 0) is 7.05 Å². The number of aromatic nitrogens is 1. The highest BCUT2D eigenvalue weighted by Gasteiger charge is 1.94. The van der Waals surface area contributed by atoms with Crippen LogP contribution >= 0.6 is 24.6 Å². The molecule has 1 aromatic carbocycles. The minimum absolute atomic E-state index is 0. The molecule has 0 aliphatic rings. The van der Waals surface area contributed by atoms with Gasteiger partial charge in [0.2, 0.25) is 0 Å². The van der Waals surface area contributed by atoms with Crippen molar-refractivity contribution in [1.29, 1.82) is 0 Å². The van der Waals surface area contributed by atoms with E-state index in [4.69, 9.17) is 12.2 Å². The minimum Gasteiger partial charge on any atom is -0.335 e. The third kappa shape index (κ3) is 4.73. The van der Waals surface area contributed by atoms with Crippen molar-refractivity contribution in [2.45, 2.75) is 0 Å². The lowest BCUT2D eigenvalue weighted by atomic mass is 10.3. The Labute approximate surface area is 123 Å². The van der Waals surface area contributed by atoms with Crippen LogP contribution in [0.25, 0.3) is 0 Å². The Kier molecular flexibility index (Phi) is 6.05. The number of rotatable bonds is 2. The number of benzene rings is 1. The van der Waals surface area contributed by atoms with Gasteiger partial charge in [-0.25, -0.2) is 0 Å². The Hall–Kier alpha value is -1.85. The Balaban J connectivity index is 0.00000180. The molecule has 4 nitrogen and oxygen atoms in total. The standard InChI is InChI=1S/C13H14N4S.ClH/c1-17-10-6-5-9-12(17)15-16-13(18)14-11-7-3-2-4-8-11;/h2-10H,1H3,(H2,14,16,18);1H. The van der Waals surface area contributed by atoms with E-state index in [-0.39, 0.29) is 12.4 Å². The second kappa shape index (κ2) is 7.56. The van der Waals surface area contributed by atoms with E-state index in [0.29, 0.717) is 5.11 Å². The van der Waals surface area contributed by atoms with Crippen molar-refractivity contribution in [1.82, 2.24) is 9.99 Å². The van der Waals surface area contributed by atoms with Gasteiger partial charge in [0.15, 0.2) is 10.6 Å². The summed E-state index contributed by atoms with van der Waals surface area (Å²) < 4.78 is 1.90. The molecule has 100 valence electrons. The number of para-hydroxylation sites is 1. The lowest BCUT2D eigenvalue weighted by Gasteiger charge is -2.06. The average Bonchev–Trinajstić information content (AvgIpc) is 2.39. The Morgan fingerprint density at radius 1 is 1.11 bits per heavy atom. The molecule has 0 aliphatic heterocycles. The second-order valence-electron chi connectivity index (χ2n) is 3.71. The van der Waals surface area contributed by atoms with E-state index < -0.39 is 0 Å². The largest absolute Gasteiger partial charge is 0.335 e. The summed E-state index contributed by atoms with van der Waals surface area (Å²) in [5, 5.41) is 7.72. The fraction of sp³-hybridized carbons (Fsp3) is 0.0769. The summed E-state index contributed by atoms with van der Waals surface area (Å²) in [4.78, 5) is 0. The molecule has 1 heterocycles. The number of halogens is 1. The number of nitrogens with zero attached hydrogens (tertiary/aromatic N) is 2. The molecular formula is C13H15ClN4S. The van der Waals surface area contributed by atoms with Crippen LogP contribution in [-0.4, -0.2) is 9.68 Å². The van der Waals surface area contributed by atoms with Crippen LogP contribution in [0.1, 0.15) is 0 Å². The monoisotopic (exact) mass is 294 g/mol. The van der Waals surface area contributed by atoms with Gasteiger partial charge in [0.25, 0.3) is 0 Å². The maximum Gasteiger partial charge on any atom is 0.191 e. The van der Waals surface area contributed by atoms with E-state index in [1.165, 1.54) is 0 Å². The lowest BCUT2D eigenvalue weighted by Crippen LogP contribution is -2.28. The number of nitrogens with one attached hydrogen (secondary N) is 2. The van der Waals surface area contributed by atoms with Crippen LogP contribution in [0.3, 0.4) is 0 Å². The van der Waals surface area contributed by atoms with Crippen LogP contribution in [0, 0.1) is 0 Å². The van der Waals surface area contributed by atoms with Crippen LogP contribution in [0.5, 0.6) is 0 Å². The third-order valence-corrected chi connectivity index (χ3v) is 2.52. The smallest absolute Gasteiger partial charge is 0.191 e. The Morgan fingerprint density at radius 3 is 2.47 bits per heavy atom. The molecule has 0 amide bonds. The molecule has 6 heteroatoms. The molecule has 2 rings (SSSR count). The molecule has 0 saturated carbocycles. The van der Waals surface area contributed by atoms with E-state index >= 15 is 0 Å². The Bertz CT molecular complexity index is 595. The van der Waals surface area contributed by atoms with Crippen molar-refractivity contribution in [2.24, 2.45) is 12.1 Å². The first kappa shape index (κ1) is 15.2. The summed E-state index contributed by atoms with van der Waals surface area (Å²) in [7, 11) is 1.92. The van der Waals surface area contributed by atoms with E-state index in [0.717, 1.165) is 11.2 Å². The third-order valence-electron chi connectivity index (χ3n) is 2.33. The summed E-state index contributed by atoms with van der Waals surface area (Å²) in [5.74, 6) is 0. The van der Waals surface area contributed by atoms with Gasteiger partial charge in [0, 0.05) is 18.9 Å². The zero-order chi connectivity index (χ0) is 12.8. The maximum atomic E-state index is 5.15. The summed E-state index contributed by atoms with van der Waals surface area (Å²) in [5.41, 5.74) is 4.55. The molecule has 1 aromatic heterocycles. The predicted molar refractivity (Wildman–Crippen MR) is 84.0 cm³/mol. The van der Waals surface area contributed by atoms with Crippen LogP contribution in [0.15, 0.2) is 59.8 Å². The first-order valence-electron chi connectivity index (χ1n) is 5.53. The van der Waals surface area contributed by atoms with Crippen molar-refractivity contribution in [3.05, 3.63) is 60.2 Å². The zero-order valence-electron chi connectivity index (χ0n) is 10.4. The minimum atomic E-state index is 0. The Morgan fingerprint density at radius 2 is 1.79 bits per heavy atom. The molecule has 0 bridgehead atoms. The van der Waals surface area contributed by atoms with Gasteiger partial charge in [-0.1, -0.05) is 24.3 Å². The molecule has 2 N–H and O–H groups in total. The van der Waals surface area contributed by atoms with Gasteiger partial charge in [-0.15, -0.1) is 12.4 Å². The van der Waals surface area contributed by atoms with Gasteiger partial charge in [0.05, 0.1) is 0 Å². The highest BCUT2D eigenvalue weighted by molar-refractivity contribution is 7.80. The SMILES string of the molecule is Cl.Cn1ccccc1=NNC(=S)Nc1ccccc1. The van der Waals surface area contributed by atoms with Gasteiger partial charge in [0.1, 0.15) is 0 Å². The van der Waals surface area contributed by atoms with Crippen molar-refractivity contribution >= 4 is 35.4 Å². The number of hydrogen-bond acceptors (Lipinski definition) is 2. The van der Waals surface area contributed by atoms with E-state index in [1.807, 2.05) is 66.3 Å². The van der Waals surface area contributed by atoms with Gasteiger partial charge in [-0.05, 0) is 36.5 Å². The van der Waals surface area contributed by atoms with Crippen molar-refractivity contribution in [3.8, 4) is 0 Å². The molecule has 2 aromatic rings. The summed E-state index contributed by atoms with van der Waals surface area (Å²) in [6.07, 6.45) is 1.92. The first-order chi connectivity index (χ1) is 8.75. The fourth-order valence-corrected chi connectivity index (χ4v) is 1.58. The van der Waals surface area contributed by atoms with Crippen LogP contribution < -0.4 is 16.2 Å². The van der Waals surface area contributed by atoms with Gasteiger partial charge in [-0.2, -0.15) is 5.10 Å². The molecule has 19 heavy (non-hydrogen) atoms. The molecule has 0 radical (unpaired) electrons. The highest BCUT2D eigenvalue weighted by atomic mass is 35.5. The molecule has 0 atom stereocenters. The molecular weight excluding hydrogens is 280 g/mol. The van der Waals surface area contributed by atoms with Gasteiger partial charge < -0.3 is 9.88 Å². The lowest BCUT2D eigenvalue weighted by molar-refractivity contribution is 0.791. The van der Waals surface area contributed by atoms with Gasteiger partial charge in [-0.3, -0.25) is 5.43 Å². The van der Waals surface area contributed by atoms with E-state index in [9.17, 15) is 0 Å². The van der Waals surface area contributed by atoms with E-state index in [1.54, 1.807) is 0 Å². The van der Waals surface area contributed by atoms with Crippen molar-refractivity contribution in [2.75, 3.05) is 5.32 Å². The van der Waals surface area contributed by atoms with Crippen molar-refractivity contribution in [3.63, 3.8) is 0 Å². The summed E-state index contributed by atoms with van der Waals surface area (Å²) in [6.45, 7) is 0. The van der Waals surface area contributed by atoms with Gasteiger partial charge >= 0.3 is 0 Å². The number of aryl methyl sites for hydroxylation is 1. The predicted octanol–water partition coefficient (Wildman–Crippen LogP) is 2.25.